The molecule has 0 radical (unpaired) electrons. The van der Waals surface area contributed by atoms with Gasteiger partial charge in [-0.15, -0.1) is 5.92 Å². The van der Waals surface area contributed by atoms with Crippen LogP contribution in [0.1, 0.15) is 20.8 Å². The van der Waals surface area contributed by atoms with Crippen molar-refractivity contribution >= 4 is 5.91 Å². The first-order chi connectivity index (χ1) is 5.31. The number of nitrogens with one attached hydrogen (secondary N) is 1. The Morgan fingerprint density at radius 2 is 2.09 bits per heavy atom. The molecule has 0 aliphatic heterocycles. The second kappa shape index (κ2) is 11.7. The van der Waals surface area contributed by atoms with Gasteiger partial charge in [-0.2, -0.15) is 0 Å². The number of hydrogen-bond acceptors (Lipinski definition) is 2. The van der Waals surface area contributed by atoms with Crippen LogP contribution in [0.5, 0.6) is 0 Å². The van der Waals surface area contributed by atoms with Gasteiger partial charge in [0.1, 0.15) is 0 Å². The normalized spacial score (nSPS) is 6.55. The third-order valence-electron chi connectivity index (χ3n) is 0.736. The molecule has 0 aromatic carbocycles. The summed E-state index contributed by atoms with van der Waals surface area (Å²) in [4.78, 5) is 10.4. The summed E-state index contributed by atoms with van der Waals surface area (Å²) in [6, 6.07) is 0. The molecule has 0 fully saturated rings. The first-order valence-corrected chi connectivity index (χ1v) is 3.67. The summed E-state index contributed by atoms with van der Waals surface area (Å²) in [5.74, 6) is 5.15. The minimum Gasteiger partial charge on any atom is -0.344 e. The first kappa shape index (κ1) is 12.6. The van der Waals surface area contributed by atoms with Crippen molar-refractivity contribution in [3.63, 3.8) is 0 Å². The van der Waals surface area contributed by atoms with Gasteiger partial charge in [-0.25, -0.2) is 0 Å². The van der Waals surface area contributed by atoms with Crippen LogP contribution in [0, 0.1) is 11.8 Å². The Morgan fingerprint density at radius 3 is 2.45 bits per heavy atom. The van der Waals surface area contributed by atoms with Crippen LogP contribution in [0.2, 0.25) is 0 Å². The molecule has 3 heteroatoms. The minimum atomic E-state index is -0.169. The van der Waals surface area contributed by atoms with Crippen molar-refractivity contribution in [3.8, 4) is 11.8 Å². The molecule has 0 atom stereocenters. The van der Waals surface area contributed by atoms with Crippen molar-refractivity contribution in [2.24, 2.45) is 5.73 Å². The van der Waals surface area contributed by atoms with E-state index in [1.807, 2.05) is 13.8 Å². The second-order valence-electron chi connectivity index (χ2n) is 1.41. The quantitative estimate of drug-likeness (QED) is 0.557. The van der Waals surface area contributed by atoms with Crippen LogP contribution in [0.3, 0.4) is 0 Å². The van der Waals surface area contributed by atoms with E-state index in [1.165, 1.54) is 0 Å². The van der Waals surface area contributed by atoms with Gasteiger partial charge in [0, 0.05) is 0 Å². The highest BCUT2D eigenvalue weighted by molar-refractivity contribution is 5.77. The smallest absolute Gasteiger partial charge is 0.234 e. The van der Waals surface area contributed by atoms with Crippen LogP contribution in [0.25, 0.3) is 0 Å². The molecule has 0 saturated carbocycles. The highest BCUT2D eigenvalue weighted by Gasteiger charge is 1.90. The molecular formula is C8H16N2O. The summed E-state index contributed by atoms with van der Waals surface area (Å²) >= 11 is 0. The SMILES string of the molecule is CC.CC#CCNC(=O)CN. The lowest BCUT2D eigenvalue weighted by Gasteiger charge is -1.93. The zero-order valence-corrected chi connectivity index (χ0v) is 7.40. The molecule has 11 heavy (non-hydrogen) atoms. The predicted molar refractivity (Wildman–Crippen MR) is 46.9 cm³/mol. The third kappa shape index (κ3) is 12.2. The van der Waals surface area contributed by atoms with Crippen molar-refractivity contribution < 1.29 is 4.79 Å². The van der Waals surface area contributed by atoms with Crippen LogP contribution in [-0.4, -0.2) is 19.0 Å². The molecule has 1 amide bonds. The molecule has 0 rings (SSSR count). The molecule has 0 aromatic rings. The van der Waals surface area contributed by atoms with E-state index in [0.29, 0.717) is 6.54 Å². The summed E-state index contributed by atoms with van der Waals surface area (Å²) in [6.45, 7) is 6.15. The van der Waals surface area contributed by atoms with Gasteiger partial charge < -0.3 is 11.1 Å². The van der Waals surface area contributed by atoms with Gasteiger partial charge in [-0.1, -0.05) is 19.8 Å². The molecule has 0 bridgehead atoms. The highest BCUT2D eigenvalue weighted by Crippen LogP contribution is 1.57. The van der Waals surface area contributed by atoms with Gasteiger partial charge in [0.05, 0.1) is 13.1 Å². The van der Waals surface area contributed by atoms with Gasteiger partial charge in [0.25, 0.3) is 0 Å². The molecule has 3 nitrogen and oxygen atoms in total. The molecule has 0 unspecified atom stereocenters. The summed E-state index contributed by atoms with van der Waals surface area (Å²) in [7, 11) is 0. The number of nitrogens with two attached hydrogens (primary N) is 1. The molecular weight excluding hydrogens is 140 g/mol. The van der Waals surface area contributed by atoms with Gasteiger partial charge in [-0.3, -0.25) is 4.79 Å². The minimum absolute atomic E-state index is 0.0331. The van der Waals surface area contributed by atoms with Crippen LogP contribution < -0.4 is 11.1 Å². The zero-order chi connectivity index (χ0) is 9.11. The lowest BCUT2D eigenvalue weighted by atomic mass is 10.5. The van der Waals surface area contributed by atoms with E-state index in [9.17, 15) is 4.79 Å². The Bertz CT molecular complexity index is 144. The largest absolute Gasteiger partial charge is 0.344 e. The Hall–Kier alpha value is -1.01. The van der Waals surface area contributed by atoms with E-state index >= 15 is 0 Å². The lowest BCUT2D eigenvalue weighted by Crippen LogP contribution is -2.30. The van der Waals surface area contributed by atoms with E-state index in [1.54, 1.807) is 6.92 Å². The molecule has 0 heterocycles. The van der Waals surface area contributed by atoms with Crippen molar-refractivity contribution in [1.82, 2.24) is 5.32 Å². The standard InChI is InChI=1S/C6H10N2O.C2H6/c1-2-3-4-8-6(9)5-7;1-2/h4-5,7H2,1H3,(H,8,9);1-2H3. The summed E-state index contributed by atoms with van der Waals surface area (Å²) < 4.78 is 0. The molecule has 64 valence electrons. The summed E-state index contributed by atoms with van der Waals surface area (Å²) in [5.41, 5.74) is 4.99. The van der Waals surface area contributed by atoms with Gasteiger partial charge in [-0.05, 0) is 6.92 Å². The van der Waals surface area contributed by atoms with E-state index < -0.39 is 0 Å². The Labute approximate surface area is 68.4 Å². The molecule has 0 aliphatic rings. The van der Waals surface area contributed by atoms with Crippen molar-refractivity contribution in [2.45, 2.75) is 20.8 Å². The number of carbonyl (C=O) groups is 1. The zero-order valence-electron chi connectivity index (χ0n) is 7.40. The maximum atomic E-state index is 10.4. The highest BCUT2D eigenvalue weighted by atomic mass is 16.1. The lowest BCUT2D eigenvalue weighted by molar-refractivity contribution is -0.119. The molecule has 0 aliphatic carbocycles. The summed E-state index contributed by atoms with van der Waals surface area (Å²) in [6.07, 6.45) is 0. The number of carbonyl (C=O) groups excluding carboxylic acids is 1. The number of rotatable bonds is 2. The van der Waals surface area contributed by atoms with Crippen molar-refractivity contribution in [1.29, 1.82) is 0 Å². The average Bonchev–Trinajstić information content (AvgIpc) is 2.08. The molecule has 3 N–H and O–H groups in total. The molecule has 0 saturated heterocycles. The topological polar surface area (TPSA) is 55.1 Å². The third-order valence-corrected chi connectivity index (χ3v) is 0.736. The fourth-order valence-corrected chi connectivity index (χ4v) is 0.303. The Kier molecular flexibility index (Phi) is 13.5. The number of amides is 1. The second-order valence-corrected chi connectivity index (χ2v) is 1.41. The van der Waals surface area contributed by atoms with E-state index in [-0.39, 0.29) is 12.5 Å². The monoisotopic (exact) mass is 156 g/mol. The fourth-order valence-electron chi connectivity index (χ4n) is 0.303. The van der Waals surface area contributed by atoms with Gasteiger partial charge in [0.2, 0.25) is 5.91 Å². The van der Waals surface area contributed by atoms with E-state index in [0.717, 1.165) is 0 Å². The van der Waals surface area contributed by atoms with Crippen LogP contribution >= 0.6 is 0 Å². The molecule has 0 aromatic heterocycles. The fraction of sp³-hybridized carbons (Fsp3) is 0.625. The summed E-state index contributed by atoms with van der Waals surface area (Å²) in [5, 5.41) is 2.50. The van der Waals surface area contributed by atoms with Crippen LogP contribution in [0.15, 0.2) is 0 Å². The maximum Gasteiger partial charge on any atom is 0.234 e. The van der Waals surface area contributed by atoms with Crippen molar-refractivity contribution in [3.05, 3.63) is 0 Å². The Balaban J connectivity index is 0. The van der Waals surface area contributed by atoms with Crippen molar-refractivity contribution in [2.75, 3.05) is 13.1 Å². The van der Waals surface area contributed by atoms with E-state index in [2.05, 4.69) is 17.2 Å². The van der Waals surface area contributed by atoms with Crippen LogP contribution in [0.4, 0.5) is 0 Å². The Morgan fingerprint density at radius 1 is 1.55 bits per heavy atom. The predicted octanol–water partition coefficient (Wildman–Crippen LogP) is 0.111. The molecule has 0 spiro atoms. The maximum absolute atomic E-state index is 10.4. The average molecular weight is 156 g/mol. The first-order valence-electron chi connectivity index (χ1n) is 3.67. The number of hydrogen-bond donors (Lipinski definition) is 2. The van der Waals surface area contributed by atoms with E-state index in [4.69, 9.17) is 5.73 Å². The van der Waals surface area contributed by atoms with Crippen LogP contribution in [-0.2, 0) is 4.79 Å². The van der Waals surface area contributed by atoms with Gasteiger partial charge >= 0.3 is 0 Å². The van der Waals surface area contributed by atoms with Gasteiger partial charge in [0.15, 0.2) is 0 Å².